The summed E-state index contributed by atoms with van der Waals surface area (Å²) in [6, 6.07) is 6.61. The fourth-order valence-corrected chi connectivity index (χ4v) is 5.06. The molecule has 0 spiro atoms. The lowest BCUT2D eigenvalue weighted by Gasteiger charge is -2.20. The molecule has 0 radical (unpaired) electrons. The molecule has 3 rings (SSSR count). The Bertz CT molecular complexity index is 1600. The molecule has 0 saturated carbocycles. The average molecular weight is 563 g/mol. The van der Waals surface area contributed by atoms with E-state index in [0.29, 0.717) is 11.6 Å². The van der Waals surface area contributed by atoms with Crippen molar-refractivity contribution in [1.29, 1.82) is 0 Å². The van der Waals surface area contributed by atoms with Crippen LogP contribution in [0, 0.1) is 6.92 Å². The molecule has 0 atom stereocenters. The Kier molecular flexibility index (Phi) is 8.13. The molecule has 0 aliphatic heterocycles. The van der Waals surface area contributed by atoms with Crippen LogP contribution in [-0.2, 0) is 20.2 Å². The summed E-state index contributed by atoms with van der Waals surface area (Å²) in [5, 5.41) is 9.26. The van der Waals surface area contributed by atoms with Gasteiger partial charge in [-0.25, -0.2) is 4.79 Å². The molecule has 2 amide bonds. The lowest BCUT2D eigenvalue weighted by Crippen LogP contribution is -2.19. The van der Waals surface area contributed by atoms with E-state index in [-0.39, 0.29) is 29.6 Å². The number of fused-ring (bicyclic) bond motifs is 1. The quantitative estimate of drug-likeness (QED) is 0.160. The highest BCUT2D eigenvalue weighted by atomic mass is 32.3. The number of amides is 2. The summed E-state index contributed by atoms with van der Waals surface area (Å²) in [6.45, 7) is 1.71. The van der Waals surface area contributed by atoms with E-state index in [1.165, 1.54) is 12.1 Å². The van der Waals surface area contributed by atoms with Crippen LogP contribution in [0.15, 0.2) is 67.4 Å². The van der Waals surface area contributed by atoms with Crippen molar-refractivity contribution >= 4 is 65.0 Å². The van der Waals surface area contributed by atoms with Crippen LogP contribution in [0.2, 0.25) is 0 Å². The molecule has 14 nitrogen and oxygen atoms in total. The molecule has 196 valence electrons. The van der Waals surface area contributed by atoms with Crippen LogP contribution in [0.3, 0.4) is 0 Å². The molecule has 0 bridgehead atoms. The first-order chi connectivity index (χ1) is 16.0. The zero-order chi connectivity index (χ0) is 26.3. The Morgan fingerprint density at radius 1 is 0.833 bits per heavy atom. The highest BCUT2D eigenvalue weighted by molar-refractivity contribution is 8.19. The number of nitrogens with two attached hydrogens (primary N) is 1. The van der Waals surface area contributed by atoms with E-state index < -0.39 is 57.5 Å². The number of carbonyl (C=O) groups excluding carboxylic acids is 1. The minimum absolute atomic E-state index is 0. The van der Waals surface area contributed by atoms with Crippen LogP contribution in [0.4, 0.5) is 21.9 Å². The lowest BCUT2D eigenvalue weighted by atomic mass is 10.1. The second-order valence-corrected chi connectivity index (χ2v) is 11.4. The van der Waals surface area contributed by atoms with Crippen molar-refractivity contribution in [3.8, 4) is 0 Å². The van der Waals surface area contributed by atoms with Crippen molar-refractivity contribution in [2.24, 2.45) is 16.0 Å². The molecule has 3 aromatic rings. The third-order valence-electron chi connectivity index (χ3n) is 4.52. The Balaban J connectivity index is 0.00000456. The summed E-state index contributed by atoms with van der Waals surface area (Å²) in [6.07, 6.45) is 0. The Morgan fingerprint density at radius 3 is 1.94 bits per heavy atom. The van der Waals surface area contributed by atoms with Crippen molar-refractivity contribution < 1.29 is 44.4 Å². The molecule has 0 aliphatic rings. The van der Waals surface area contributed by atoms with Crippen LogP contribution in [0.1, 0.15) is 13.0 Å². The van der Waals surface area contributed by atoms with Gasteiger partial charge in [-0.3, -0.25) is 9.11 Å². The van der Waals surface area contributed by atoms with E-state index in [0.717, 1.165) is 18.2 Å². The van der Waals surface area contributed by atoms with Gasteiger partial charge in [-0.2, -0.15) is 16.8 Å². The number of azo groups is 1. The van der Waals surface area contributed by atoms with Crippen LogP contribution in [-0.4, -0.2) is 45.6 Å². The number of nitrogens with one attached hydrogen (secondary N) is 1. The Morgan fingerprint density at radius 2 is 1.42 bits per heavy atom. The number of anilines is 1. The van der Waals surface area contributed by atoms with Crippen molar-refractivity contribution in [2.75, 3.05) is 5.32 Å². The topological polar surface area (TPSA) is 249 Å². The predicted octanol–water partition coefficient (Wildman–Crippen LogP) is 4.77. The number of hydrogen-bond acceptors (Lipinski definition) is 10. The zero-order valence-electron chi connectivity index (χ0n) is 17.5. The number of hydrogen-bond donors (Lipinski definition) is 7. The first-order valence-corrected chi connectivity index (χ1v) is 13.5. The number of rotatable bonds is 6. The normalized spacial score (nSPS) is 12.9. The highest BCUT2D eigenvalue weighted by Gasteiger charge is 2.26. The molecule has 0 saturated heterocycles. The highest BCUT2D eigenvalue weighted by Crippen LogP contribution is 2.47. The number of primary amides is 1. The maximum Gasteiger partial charge on any atom is 0.316 e. The summed E-state index contributed by atoms with van der Waals surface area (Å²) in [5.74, 6) is 0. The summed E-state index contributed by atoms with van der Waals surface area (Å²) in [4.78, 5) is 8.75. The van der Waals surface area contributed by atoms with Crippen molar-refractivity contribution in [3.63, 3.8) is 0 Å². The summed E-state index contributed by atoms with van der Waals surface area (Å²) >= 11 is 0. The number of benzene rings is 3. The first-order valence-electron chi connectivity index (χ1n) is 9.13. The molecular formula is C19H22N4O10S3. The number of aryl methyl sites for hydroxylation is 1. The largest absolute Gasteiger partial charge is 0.351 e. The fourth-order valence-electron chi connectivity index (χ4n) is 3.05. The van der Waals surface area contributed by atoms with Crippen LogP contribution in [0.25, 0.3) is 10.8 Å². The van der Waals surface area contributed by atoms with Gasteiger partial charge in [0.25, 0.3) is 20.2 Å². The smallest absolute Gasteiger partial charge is 0.316 e. The molecule has 0 heterocycles. The average Bonchev–Trinajstić information content (AvgIpc) is 2.69. The zero-order valence-corrected chi connectivity index (χ0v) is 20.0. The van der Waals surface area contributed by atoms with Crippen LogP contribution >= 0.6 is 10.9 Å². The second-order valence-electron chi connectivity index (χ2n) is 7.14. The van der Waals surface area contributed by atoms with Gasteiger partial charge in [-0.05, 0) is 54.3 Å². The molecule has 0 aromatic heterocycles. The van der Waals surface area contributed by atoms with Crippen molar-refractivity contribution in [1.82, 2.24) is 0 Å². The molecule has 17 heteroatoms. The Hall–Kier alpha value is -3.16. The Labute approximate surface area is 207 Å². The van der Waals surface area contributed by atoms with Gasteiger partial charge in [-0.1, -0.05) is 13.5 Å². The molecule has 36 heavy (non-hydrogen) atoms. The van der Waals surface area contributed by atoms with Gasteiger partial charge in [0.2, 0.25) is 0 Å². The minimum atomic E-state index is -5.03. The molecule has 0 fully saturated rings. The predicted molar refractivity (Wildman–Crippen MR) is 133 cm³/mol. The SMILES string of the molecule is C.Cc1ccc(N=Nc2cc3c(S(=O)(=O)O)cc(S(O)(O)O)cc3cc2S(=O)(=O)O)c(NC(N)=O)c1. The van der Waals surface area contributed by atoms with E-state index in [4.69, 9.17) is 5.73 Å². The number of urea groups is 1. The lowest BCUT2D eigenvalue weighted by molar-refractivity contribution is 0.259. The van der Waals surface area contributed by atoms with Gasteiger partial charge in [0.05, 0.1) is 10.6 Å². The van der Waals surface area contributed by atoms with Crippen LogP contribution in [0.5, 0.6) is 0 Å². The summed E-state index contributed by atoms with van der Waals surface area (Å²) < 4.78 is 95.7. The molecule has 3 aromatic carbocycles. The molecular weight excluding hydrogens is 540 g/mol. The number of carbonyl (C=O) groups is 1. The van der Waals surface area contributed by atoms with Crippen LogP contribution < -0.4 is 11.1 Å². The van der Waals surface area contributed by atoms with E-state index >= 15 is 0 Å². The fraction of sp³-hybridized carbons (Fsp3) is 0.105. The molecule has 8 N–H and O–H groups in total. The van der Waals surface area contributed by atoms with E-state index in [9.17, 15) is 44.4 Å². The van der Waals surface area contributed by atoms with Gasteiger partial charge in [0.15, 0.2) is 0 Å². The summed E-state index contributed by atoms with van der Waals surface area (Å²) in [5.41, 5.74) is 5.41. The first kappa shape index (κ1) is 29.1. The van der Waals surface area contributed by atoms with E-state index in [1.54, 1.807) is 13.0 Å². The minimum Gasteiger partial charge on any atom is -0.351 e. The molecule has 0 unspecified atom stereocenters. The van der Waals surface area contributed by atoms with Gasteiger partial charge in [-0.15, -0.1) is 10.2 Å². The van der Waals surface area contributed by atoms with Gasteiger partial charge in [0, 0.05) is 5.39 Å². The third-order valence-corrected chi connectivity index (χ3v) is 7.16. The molecule has 0 aliphatic carbocycles. The second kappa shape index (κ2) is 10.1. The summed E-state index contributed by atoms with van der Waals surface area (Å²) in [7, 11) is -14.5. The monoisotopic (exact) mass is 562 g/mol. The van der Waals surface area contributed by atoms with Gasteiger partial charge >= 0.3 is 6.03 Å². The maximum absolute atomic E-state index is 12.0. The van der Waals surface area contributed by atoms with Gasteiger partial charge in [0.1, 0.15) is 32.0 Å². The van der Waals surface area contributed by atoms with Crippen molar-refractivity contribution in [3.05, 3.63) is 48.0 Å². The van der Waals surface area contributed by atoms with Crippen molar-refractivity contribution in [2.45, 2.75) is 29.0 Å². The number of nitrogens with zero attached hydrogens (tertiary/aromatic N) is 2. The van der Waals surface area contributed by atoms with Gasteiger partial charge < -0.3 is 24.7 Å². The van der Waals surface area contributed by atoms with E-state index in [2.05, 4.69) is 15.5 Å². The maximum atomic E-state index is 12.0. The standard InChI is InChI=1S/C18H18N4O10S3.CH4/c1-9-2-3-13(14(4-9)20-18(19)23)21-22-15-8-12-10(6-17(15)35(30,31)32)5-11(33(24,25)26)7-16(12)34(27,28)29;/h2-8,24-26H,1H3,(H3,19,20,23)(H,27,28,29)(H,30,31,32);1H4. The third kappa shape index (κ3) is 6.53. The van der Waals surface area contributed by atoms with E-state index in [1.807, 2.05) is 0 Å².